The van der Waals surface area contributed by atoms with Crippen molar-refractivity contribution in [2.45, 2.75) is 32.9 Å². The first-order valence-electron chi connectivity index (χ1n) is 13.1. The number of rotatable bonds is 7. The van der Waals surface area contributed by atoms with Gasteiger partial charge in [0.05, 0.1) is 11.7 Å². The summed E-state index contributed by atoms with van der Waals surface area (Å²) in [5, 5.41) is 7.21. The Morgan fingerprint density at radius 2 is 1.77 bits per heavy atom. The van der Waals surface area contributed by atoms with Crippen LogP contribution in [0, 0.1) is 12.8 Å². The summed E-state index contributed by atoms with van der Waals surface area (Å²) in [7, 11) is 4.08. The van der Waals surface area contributed by atoms with Crippen molar-refractivity contribution >= 4 is 40.3 Å². The lowest BCUT2D eigenvalue weighted by Gasteiger charge is -2.29. The lowest BCUT2D eigenvalue weighted by atomic mass is 10.00. The summed E-state index contributed by atoms with van der Waals surface area (Å²) in [6.07, 6.45) is 3.90. The highest BCUT2D eigenvalue weighted by Gasteiger charge is 2.42. The molecule has 0 unspecified atom stereocenters. The number of pyridine rings is 1. The Labute approximate surface area is 235 Å². The average Bonchev–Trinajstić information content (AvgIpc) is 3.54. The third-order valence-electron chi connectivity index (χ3n) is 7.10. The molecule has 1 saturated heterocycles. The van der Waals surface area contributed by atoms with Crippen LogP contribution in [0.25, 0.3) is 5.69 Å². The highest BCUT2D eigenvalue weighted by molar-refractivity contribution is 7.80. The topological polar surface area (TPSA) is 65.4 Å². The number of nitrogens with one attached hydrogen (secondary N) is 2. The molecule has 0 radical (unpaired) electrons. The average molecular weight is 539 g/mol. The van der Waals surface area contributed by atoms with Crippen LogP contribution in [0.2, 0.25) is 0 Å². The SMILES string of the molecule is Cc1cc(N2C(=S)N[C@H](c3ccccn3)[C@H]2c2cccn2-c2ccc(N(C)C)cc2)ccc1NC(=O)C(C)C. The molecule has 5 rings (SSSR count). The van der Waals surface area contributed by atoms with Crippen molar-refractivity contribution in [3.05, 3.63) is 102 Å². The Kier molecular flexibility index (Phi) is 7.39. The Bertz CT molecular complexity index is 1480. The van der Waals surface area contributed by atoms with Crippen LogP contribution in [0.5, 0.6) is 0 Å². The molecule has 2 aromatic heterocycles. The standard InChI is InChI=1S/C31H34N6OS/c1-20(2)30(38)33-25-16-15-24(19-21(25)3)37-29(28(34-31(37)39)26-9-6-7-17-32-26)27-10-8-18-36(27)23-13-11-22(12-14-23)35(4)5/h6-20,28-29H,1-5H3,(H,33,38)(H,34,39)/t28-,29-/m1/s1. The Hall–Kier alpha value is -4.17. The molecule has 1 aliphatic rings. The summed E-state index contributed by atoms with van der Waals surface area (Å²) >= 11 is 5.94. The van der Waals surface area contributed by atoms with Crippen molar-refractivity contribution in [3.8, 4) is 5.69 Å². The number of nitrogens with zero attached hydrogens (tertiary/aromatic N) is 4. The van der Waals surface area contributed by atoms with Crippen molar-refractivity contribution < 1.29 is 4.79 Å². The van der Waals surface area contributed by atoms with Crippen LogP contribution >= 0.6 is 12.2 Å². The van der Waals surface area contributed by atoms with Crippen molar-refractivity contribution in [1.82, 2.24) is 14.9 Å². The summed E-state index contributed by atoms with van der Waals surface area (Å²) in [6, 6.07) is 24.4. The Morgan fingerprint density at radius 3 is 2.41 bits per heavy atom. The number of carbonyl (C=O) groups is 1. The molecule has 0 spiro atoms. The molecule has 0 aliphatic carbocycles. The van der Waals surface area contributed by atoms with Crippen LogP contribution in [0.15, 0.2) is 85.2 Å². The number of hydrogen-bond donors (Lipinski definition) is 2. The van der Waals surface area contributed by atoms with E-state index in [4.69, 9.17) is 12.2 Å². The van der Waals surface area contributed by atoms with E-state index in [1.165, 1.54) is 0 Å². The van der Waals surface area contributed by atoms with Crippen LogP contribution < -0.4 is 20.4 Å². The summed E-state index contributed by atoms with van der Waals surface area (Å²) in [5.41, 5.74) is 6.94. The van der Waals surface area contributed by atoms with Gasteiger partial charge in [-0.05, 0) is 91.4 Å². The molecule has 0 saturated carbocycles. The van der Waals surface area contributed by atoms with E-state index in [9.17, 15) is 4.79 Å². The van der Waals surface area contributed by atoms with Crippen molar-refractivity contribution in [2.75, 3.05) is 29.2 Å². The summed E-state index contributed by atoms with van der Waals surface area (Å²) in [4.78, 5) is 21.3. The zero-order valence-corrected chi connectivity index (χ0v) is 23.7. The quantitative estimate of drug-likeness (QED) is 0.281. The maximum atomic E-state index is 12.3. The van der Waals surface area contributed by atoms with E-state index in [1.807, 2.05) is 71.4 Å². The smallest absolute Gasteiger partial charge is 0.226 e. The number of aromatic nitrogens is 2. The highest BCUT2D eigenvalue weighted by atomic mass is 32.1. The lowest BCUT2D eigenvalue weighted by molar-refractivity contribution is -0.118. The molecule has 2 N–H and O–H groups in total. The molecule has 39 heavy (non-hydrogen) atoms. The Morgan fingerprint density at radius 1 is 1.03 bits per heavy atom. The van der Waals surface area contributed by atoms with Crippen LogP contribution in [0.3, 0.4) is 0 Å². The van der Waals surface area contributed by atoms with E-state index in [2.05, 4.69) is 78.6 Å². The predicted octanol–water partition coefficient (Wildman–Crippen LogP) is 6.02. The van der Waals surface area contributed by atoms with Gasteiger partial charge in [-0.25, -0.2) is 0 Å². The molecule has 1 aliphatic heterocycles. The second-order valence-electron chi connectivity index (χ2n) is 10.4. The second kappa shape index (κ2) is 10.9. The van der Waals surface area contributed by atoms with Crippen molar-refractivity contribution in [1.29, 1.82) is 0 Å². The number of benzene rings is 2. The zero-order valence-electron chi connectivity index (χ0n) is 22.9. The number of hydrogen-bond acceptors (Lipinski definition) is 4. The molecule has 1 fully saturated rings. The summed E-state index contributed by atoms with van der Waals surface area (Å²) < 4.78 is 2.22. The lowest BCUT2D eigenvalue weighted by Crippen LogP contribution is -2.30. The molecule has 200 valence electrons. The normalized spacial score (nSPS) is 16.9. The maximum absolute atomic E-state index is 12.3. The van der Waals surface area contributed by atoms with E-state index < -0.39 is 0 Å². The Balaban J connectivity index is 1.58. The first-order chi connectivity index (χ1) is 18.7. The van der Waals surface area contributed by atoms with Gasteiger partial charge in [0.2, 0.25) is 5.91 Å². The fourth-order valence-electron chi connectivity index (χ4n) is 4.93. The largest absolute Gasteiger partial charge is 0.378 e. The van der Waals surface area contributed by atoms with E-state index >= 15 is 0 Å². The fraction of sp³-hybridized carbons (Fsp3) is 0.258. The van der Waals surface area contributed by atoms with Gasteiger partial charge in [0.1, 0.15) is 6.04 Å². The summed E-state index contributed by atoms with van der Waals surface area (Å²) in [5.74, 6) is -0.0991. The first-order valence-corrected chi connectivity index (χ1v) is 13.5. The van der Waals surface area contributed by atoms with Gasteiger partial charge in [-0.15, -0.1) is 0 Å². The molecule has 3 heterocycles. The second-order valence-corrected chi connectivity index (χ2v) is 10.7. The van der Waals surface area contributed by atoms with Crippen LogP contribution in [0.1, 0.15) is 42.9 Å². The van der Waals surface area contributed by atoms with E-state index in [-0.39, 0.29) is 23.9 Å². The van der Waals surface area contributed by atoms with E-state index in [0.717, 1.165) is 39.7 Å². The molecule has 2 aromatic carbocycles. The fourth-order valence-corrected chi connectivity index (χ4v) is 5.28. The third kappa shape index (κ3) is 5.25. The van der Waals surface area contributed by atoms with Gasteiger partial charge in [-0.1, -0.05) is 19.9 Å². The number of carbonyl (C=O) groups excluding carboxylic acids is 1. The highest BCUT2D eigenvalue weighted by Crippen LogP contribution is 2.43. The minimum atomic E-state index is -0.161. The number of thiocarbonyl (C=S) groups is 1. The molecular weight excluding hydrogens is 504 g/mol. The van der Waals surface area contributed by atoms with E-state index in [0.29, 0.717) is 5.11 Å². The van der Waals surface area contributed by atoms with Crippen LogP contribution in [-0.4, -0.2) is 34.7 Å². The van der Waals surface area contributed by atoms with Crippen LogP contribution in [-0.2, 0) is 4.79 Å². The van der Waals surface area contributed by atoms with Gasteiger partial charge in [0, 0.05) is 60.9 Å². The van der Waals surface area contributed by atoms with Crippen molar-refractivity contribution in [2.24, 2.45) is 5.92 Å². The van der Waals surface area contributed by atoms with Gasteiger partial charge in [0.15, 0.2) is 5.11 Å². The minimum Gasteiger partial charge on any atom is -0.378 e. The van der Waals surface area contributed by atoms with E-state index in [1.54, 1.807) is 0 Å². The number of aryl methyl sites for hydroxylation is 1. The summed E-state index contributed by atoms with van der Waals surface area (Å²) in [6.45, 7) is 5.78. The van der Waals surface area contributed by atoms with Crippen LogP contribution in [0.4, 0.5) is 17.1 Å². The van der Waals surface area contributed by atoms with Gasteiger partial charge in [-0.3, -0.25) is 9.78 Å². The molecular formula is C31H34N6OS. The third-order valence-corrected chi connectivity index (χ3v) is 7.41. The molecule has 4 aromatic rings. The van der Waals surface area contributed by atoms with Gasteiger partial charge in [-0.2, -0.15) is 0 Å². The predicted molar refractivity (Wildman–Crippen MR) is 163 cm³/mol. The van der Waals surface area contributed by atoms with Gasteiger partial charge < -0.3 is 25.0 Å². The first kappa shape index (κ1) is 26.4. The zero-order chi connectivity index (χ0) is 27.7. The monoisotopic (exact) mass is 538 g/mol. The molecule has 1 amide bonds. The molecule has 2 atom stereocenters. The van der Waals surface area contributed by atoms with Gasteiger partial charge in [0.25, 0.3) is 0 Å². The maximum Gasteiger partial charge on any atom is 0.226 e. The van der Waals surface area contributed by atoms with Gasteiger partial charge >= 0.3 is 0 Å². The molecule has 7 nitrogen and oxygen atoms in total. The van der Waals surface area contributed by atoms with Crippen molar-refractivity contribution in [3.63, 3.8) is 0 Å². The number of anilines is 3. The minimum absolute atomic E-state index is 0.00425. The molecule has 8 heteroatoms. The number of amides is 1. The molecule has 0 bridgehead atoms.